The van der Waals surface area contributed by atoms with E-state index in [-0.39, 0.29) is 17.6 Å². The Morgan fingerprint density at radius 2 is 2.20 bits per heavy atom. The molecule has 0 bridgehead atoms. The first kappa shape index (κ1) is 13.1. The predicted octanol–water partition coefficient (Wildman–Crippen LogP) is 1.01. The normalized spacial score (nSPS) is 22.9. The number of nitrogens with zero attached hydrogens (tertiary/aromatic N) is 3. The third-order valence-electron chi connectivity index (χ3n) is 3.95. The molecule has 2 aromatic rings. The highest BCUT2D eigenvalue weighted by Gasteiger charge is 2.23. The van der Waals surface area contributed by atoms with E-state index in [1.165, 1.54) is 17.5 Å². The van der Waals surface area contributed by atoms with Crippen molar-refractivity contribution < 1.29 is 0 Å². The summed E-state index contributed by atoms with van der Waals surface area (Å²) in [6, 6.07) is 3.86. The number of aromatic nitrogens is 3. The monoisotopic (exact) mass is 273 g/mol. The fourth-order valence-corrected chi connectivity index (χ4v) is 2.80. The van der Waals surface area contributed by atoms with Gasteiger partial charge in [0.2, 0.25) is 0 Å². The van der Waals surface area contributed by atoms with E-state index >= 15 is 0 Å². The van der Waals surface area contributed by atoms with Gasteiger partial charge in [-0.05, 0) is 25.0 Å². The van der Waals surface area contributed by atoms with Crippen LogP contribution in [0.3, 0.4) is 0 Å². The lowest BCUT2D eigenvalue weighted by molar-refractivity contribution is 0.403. The fraction of sp³-hybridized carbons (Fsp3) is 0.500. The van der Waals surface area contributed by atoms with Crippen molar-refractivity contribution in [1.82, 2.24) is 14.8 Å². The van der Waals surface area contributed by atoms with E-state index in [9.17, 15) is 4.79 Å². The highest BCUT2D eigenvalue weighted by molar-refractivity contribution is 5.87. The molecule has 0 amide bonds. The summed E-state index contributed by atoms with van der Waals surface area (Å²) in [6.45, 7) is 0. The van der Waals surface area contributed by atoms with Gasteiger partial charge in [0.15, 0.2) is 5.82 Å². The van der Waals surface area contributed by atoms with Crippen LogP contribution in [0.2, 0.25) is 0 Å². The molecule has 1 aliphatic rings. The standard InChI is InChI=1S/C14H19N5O/c1-19-14(20)9-5-4-8-16-12(9)13(18-19)17-11-7-3-2-6-10(11)15/h4-5,8,10-11H,2-3,6-7,15H2,1H3,(H,17,18)/t10?,11-/m1/s1. The predicted molar refractivity (Wildman–Crippen MR) is 78.6 cm³/mol. The molecule has 0 saturated heterocycles. The first-order valence-electron chi connectivity index (χ1n) is 7.01. The fourth-order valence-electron chi connectivity index (χ4n) is 2.80. The maximum Gasteiger partial charge on any atom is 0.276 e. The van der Waals surface area contributed by atoms with Crippen molar-refractivity contribution in [3.63, 3.8) is 0 Å². The number of aryl methyl sites for hydroxylation is 1. The van der Waals surface area contributed by atoms with Crippen LogP contribution in [0.1, 0.15) is 25.7 Å². The molecular weight excluding hydrogens is 254 g/mol. The second-order valence-corrected chi connectivity index (χ2v) is 5.38. The quantitative estimate of drug-likeness (QED) is 0.853. The van der Waals surface area contributed by atoms with Crippen molar-refractivity contribution in [3.05, 3.63) is 28.7 Å². The zero-order chi connectivity index (χ0) is 14.1. The summed E-state index contributed by atoms with van der Waals surface area (Å²) < 4.78 is 1.35. The van der Waals surface area contributed by atoms with Crippen LogP contribution >= 0.6 is 0 Å². The summed E-state index contributed by atoms with van der Waals surface area (Å²) in [5, 5.41) is 8.27. The first-order chi connectivity index (χ1) is 9.66. The summed E-state index contributed by atoms with van der Waals surface area (Å²) in [4.78, 5) is 16.3. The number of nitrogens with one attached hydrogen (secondary N) is 1. The van der Waals surface area contributed by atoms with E-state index in [0.29, 0.717) is 16.7 Å². The van der Waals surface area contributed by atoms with Gasteiger partial charge in [-0.25, -0.2) is 4.68 Å². The van der Waals surface area contributed by atoms with Gasteiger partial charge in [0.05, 0.1) is 5.39 Å². The molecule has 3 rings (SSSR count). The van der Waals surface area contributed by atoms with Crippen molar-refractivity contribution >= 4 is 16.7 Å². The molecule has 2 heterocycles. The Labute approximate surface area is 117 Å². The molecule has 20 heavy (non-hydrogen) atoms. The lowest BCUT2D eigenvalue weighted by Gasteiger charge is -2.29. The van der Waals surface area contributed by atoms with Crippen LogP contribution in [0.25, 0.3) is 10.9 Å². The average Bonchev–Trinajstić information content (AvgIpc) is 2.47. The Bertz CT molecular complexity index is 681. The Balaban J connectivity index is 2.03. The summed E-state index contributed by atoms with van der Waals surface area (Å²) in [5.74, 6) is 0.644. The lowest BCUT2D eigenvalue weighted by atomic mass is 9.91. The number of nitrogens with two attached hydrogens (primary N) is 1. The van der Waals surface area contributed by atoms with Gasteiger partial charge < -0.3 is 11.1 Å². The molecule has 6 heteroatoms. The number of rotatable bonds is 2. The number of hydrogen-bond acceptors (Lipinski definition) is 5. The third-order valence-corrected chi connectivity index (χ3v) is 3.95. The highest BCUT2D eigenvalue weighted by Crippen LogP contribution is 2.22. The minimum atomic E-state index is -0.133. The van der Waals surface area contributed by atoms with Crippen LogP contribution < -0.4 is 16.6 Å². The van der Waals surface area contributed by atoms with Gasteiger partial charge >= 0.3 is 0 Å². The minimum Gasteiger partial charge on any atom is -0.363 e. The topological polar surface area (TPSA) is 85.8 Å². The Kier molecular flexibility index (Phi) is 3.40. The van der Waals surface area contributed by atoms with Gasteiger partial charge in [-0.1, -0.05) is 12.8 Å². The summed E-state index contributed by atoms with van der Waals surface area (Å²) in [7, 11) is 1.65. The summed E-state index contributed by atoms with van der Waals surface area (Å²) in [5.41, 5.74) is 6.65. The molecule has 0 radical (unpaired) electrons. The Hall–Kier alpha value is -1.95. The molecule has 1 aliphatic carbocycles. The molecule has 2 aromatic heterocycles. The molecule has 6 nitrogen and oxygen atoms in total. The molecule has 3 N–H and O–H groups in total. The maximum atomic E-state index is 12.0. The Morgan fingerprint density at radius 1 is 1.40 bits per heavy atom. The van der Waals surface area contributed by atoms with Crippen LogP contribution in [0.15, 0.2) is 23.1 Å². The highest BCUT2D eigenvalue weighted by atomic mass is 16.1. The van der Waals surface area contributed by atoms with Gasteiger partial charge in [0.25, 0.3) is 5.56 Å². The molecule has 0 spiro atoms. The number of fused-ring (bicyclic) bond motifs is 1. The number of pyridine rings is 1. The van der Waals surface area contributed by atoms with Gasteiger partial charge in [0.1, 0.15) is 5.52 Å². The van der Waals surface area contributed by atoms with Gasteiger partial charge in [0, 0.05) is 25.3 Å². The van der Waals surface area contributed by atoms with Crippen molar-refractivity contribution in [3.8, 4) is 0 Å². The minimum absolute atomic E-state index is 0.126. The molecule has 0 aliphatic heterocycles. The van der Waals surface area contributed by atoms with E-state index in [2.05, 4.69) is 15.4 Å². The van der Waals surface area contributed by atoms with E-state index in [0.717, 1.165) is 12.8 Å². The third kappa shape index (κ3) is 2.27. The average molecular weight is 273 g/mol. The molecule has 0 aromatic carbocycles. The molecule has 2 atom stereocenters. The number of hydrogen-bond donors (Lipinski definition) is 2. The molecule has 1 unspecified atom stereocenters. The van der Waals surface area contributed by atoms with Gasteiger partial charge in [-0.15, -0.1) is 0 Å². The van der Waals surface area contributed by atoms with Gasteiger partial charge in [-0.3, -0.25) is 9.78 Å². The van der Waals surface area contributed by atoms with Crippen LogP contribution in [0.4, 0.5) is 5.82 Å². The first-order valence-corrected chi connectivity index (χ1v) is 7.01. The van der Waals surface area contributed by atoms with Crippen molar-refractivity contribution in [1.29, 1.82) is 0 Å². The second-order valence-electron chi connectivity index (χ2n) is 5.38. The lowest BCUT2D eigenvalue weighted by Crippen LogP contribution is -2.43. The van der Waals surface area contributed by atoms with E-state index in [1.54, 1.807) is 25.4 Å². The van der Waals surface area contributed by atoms with Gasteiger partial charge in [-0.2, -0.15) is 5.10 Å². The summed E-state index contributed by atoms with van der Waals surface area (Å²) in [6.07, 6.45) is 6.08. The van der Waals surface area contributed by atoms with E-state index in [1.807, 2.05) is 0 Å². The SMILES string of the molecule is Cn1nc(N[C@@H]2CCCCC2N)c2ncccc2c1=O. The molecular formula is C14H19N5O. The second kappa shape index (κ2) is 5.20. The molecule has 1 saturated carbocycles. The van der Waals surface area contributed by atoms with Crippen LogP contribution in [-0.2, 0) is 7.05 Å². The van der Waals surface area contributed by atoms with Crippen LogP contribution in [-0.4, -0.2) is 26.8 Å². The molecule has 1 fully saturated rings. The maximum absolute atomic E-state index is 12.0. The smallest absolute Gasteiger partial charge is 0.276 e. The van der Waals surface area contributed by atoms with Crippen molar-refractivity contribution in [2.24, 2.45) is 12.8 Å². The zero-order valence-electron chi connectivity index (χ0n) is 11.5. The number of anilines is 1. The van der Waals surface area contributed by atoms with E-state index in [4.69, 9.17) is 5.73 Å². The van der Waals surface area contributed by atoms with Crippen LogP contribution in [0, 0.1) is 0 Å². The largest absolute Gasteiger partial charge is 0.363 e. The Morgan fingerprint density at radius 3 is 3.00 bits per heavy atom. The zero-order valence-corrected chi connectivity index (χ0v) is 11.5. The van der Waals surface area contributed by atoms with E-state index < -0.39 is 0 Å². The molecule has 106 valence electrons. The van der Waals surface area contributed by atoms with Crippen molar-refractivity contribution in [2.75, 3.05) is 5.32 Å². The van der Waals surface area contributed by atoms with Crippen LogP contribution in [0.5, 0.6) is 0 Å². The summed E-state index contributed by atoms with van der Waals surface area (Å²) >= 11 is 0. The van der Waals surface area contributed by atoms with Crippen molar-refractivity contribution in [2.45, 2.75) is 37.8 Å².